The number of hydrogen-bond donors (Lipinski definition) is 1. The van der Waals surface area contributed by atoms with Gasteiger partial charge in [0, 0.05) is 17.6 Å². The van der Waals surface area contributed by atoms with Gasteiger partial charge in [-0.05, 0) is 43.5 Å². The number of carbonyl (C=O) groups is 1. The molecule has 0 saturated carbocycles. The van der Waals surface area contributed by atoms with Gasteiger partial charge in [-0.2, -0.15) is 0 Å². The zero-order valence-corrected chi connectivity index (χ0v) is 12.5. The van der Waals surface area contributed by atoms with Crippen molar-refractivity contribution in [3.63, 3.8) is 0 Å². The smallest absolute Gasteiger partial charge is 0.258 e. The Morgan fingerprint density at radius 2 is 2.42 bits per heavy atom. The maximum absolute atomic E-state index is 11.6. The minimum absolute atomic E-state index is 0.0355. The molecule has 1 fully saturated rings. The Hall–Kier alpha value is -1.07. The molecule has 1 atom stereocenters. The second-order valence-electron chi connectivity index (χ2n) is 4.64. The van der Waals surface area contributed by atoms with Gasteiger partial charge < -0.3 is 14.8 Å². The molecule has 1 aliphatic heterocycles. The van der Waals surface area contributed by atoms with Crippen LogP contribution in [-0.2, 0) is 9.53 Å². The second-order valence-corrected chi connectivity index (χ2v) is 5.49. The molecule has 1 aromatic carbocycles. The molecule has 1 aliphatic rings. The molecule has 2 rings (SSSR count). The maximum atomic E-state index is 11.6. The van der Waals surface area contributed by atoms with E-state index in [-0.39, 0.29) is 18.6 Å². The summed E-state index contributed by atoms with van der Waals surface area (Å²) >= 11 is 3.42. The van der Waals surface area contributed by atoms with Crippen LogP contribution >= 0.6 is 15.9 Å². The minimum Gasteiger partial charge on any atom is -0.484 e. The summed E-state index contributed by atoms with van der Waals surface area (Å²) in [5, 5.41) is 2.82. The van der Waals surface area contributed by atoms with Crippen LogP contribution in [0.2, 0.25) is 0 Å². The third-order valence-corrected chi connectivity index (χ3v) is 3.94. The van der Waals surface area contributed by atoms with Crippen LogP contribution in [0, 0.1) is 6.92 Å². The summed E-state index contributed by atoms with van der Waals surface area (Å²) in [5.74, 6) is 0.587. The van der Waals surface area contributed by atoms with Crippen LogP contribution in [0.15, 0.2) is 22.7 Å². The maximum Gasteiger partial charge on any atom is 0.258 e. The topological polar surface area (TPSA) is 47.6 Å². The van der Waals surface area contributed by atoms with Gasteiger partial charge in [0.15, 0.2) is 6.61 Å². The predicted octanol–water partition coefficient (Wildman–Crippen LogP) is 2.43. The van der Waals surface area contributed by atoms with Crippen molar-refractivity contribution in [2.75, 3.05) is 19.8 Å². The van der Waals surface area contributed by atoms with E-state index in [9.17, 15) is 4.79 Å². The van der Waals surface area contributed by atoms with E-state index >= 15 is 0 Å². The first-order chi connectivity index (χ1) is 9.15. The lowest BCUT2D eigenvalue weighted by Gasteiger charge is -2.11. The van der Waals surface area contributed by atoms with Crippen LogP contribution in [0.3, 0.4) is 0 Å². The fourth-order valence-corrected chi connectivity index (χ4v) is 2.19. The van der Waals surface area contributed by atoms with Crippen molar-refractivity contribution < 1.29 is 14.3 Å². The number of carbonyl (C=O) groups excluding carboxylic acids is 1. The van der Waals surface area contributed by atoms with Gasteiger partial charge in [-0.15, -0.1) is 0 Å². The van der Waals surface area contributed by atoms with Crippen LogP contribution < -0.4 is 10.1 Å². The quantitative estimate of drug-likeness (QED) is 0.903. The molecule has 0 spiro atoms. The number of aryl methyl sites for hydroxylation is 1. The largest absolute Gasteiger partial charge is 0.484 e. The fraction of sp³-hybridized carbons (Fsp3) is 0.500. The second kappa shape index (κ2) is 6.91. The van der Waals surface area contributed by atoms with Gasteiger partial charge in [0.05, 0.1) is 6.10 Å². The lowest BCUT2D eigenvalue weighted by atomic mass is 10.2. The fourth-order valence-electron chi connectivity index (χ4n) is 1.94. The molecule has 1 heterocycles. The van der Waals surface area contributed by atoms with E-state index in [2.05, 4.69) is 21.2 Å². The van der Waals surface area contributed by atoms with E-state index in [4.69, 9.17) is 9.47 Å². The first-order valence-electron chi connectivity index (χ1n) is 6.42. The summed E-state index contributed by atoms with van der Waals surface area (Å²) in [6.07, 6.45) is 2.27. The molecule has 104 valence electrons. The molecule has 1 N–H and O–H groups in total. The van der Waals surface area contributed by atoms with Crippen LogP contribution in [0.5, 0.6) is 5.75 Å². The number of rotatable bonds is 5. The molecule has 0 bridgehead atoms. The van der Waals surface area contributed by atoms with Crippen molar-refractivity contribution in [1.82, 2.24) is 5.32 Å². The van der Waals surface area contributed by atoms with Gasteiger partial charge in [-0.25, -0.2) is 0 Å². The highest BCUT2D eigenvalue weighted by Gasteiger charge is 2.16. The first kappa shape index (κ1) is 14.3. The number of halogens is 1. The third-order valence-electron chi connectivity index (χ3n) is 3.05. The summed E-state index contributed by atoms with van der Waals surface area (Å²) in [6.45, 7) is 3.39. The van der Waals surface area contributed by atoms with Crippen molar-refractivity contribution in [2.45, 2.75) is 25.9 Å². The Labute approximate surface area is 121 Å². The van der Waals surface area contributed by atoms with Gasteiger partial charge in [0.2, 0.25) is 0 Å². The molecule has 1 aromatic rings. The molecular formula is C14H18BrNO3. The average Bonchev–Trinajstić information content (AvgIpc) is 2.91. The van der Waals surface area contributed by atoms with Crippen molar-refractivity contribution in [1.29, 1.82) is 0 Å². The van der Waals surface area contributed by atoms with Gasteiger partial charge >= 0.3 is 0 Å². The van der Waals surface area contributed by atoms with Crippen molar-refractivity contribution in [3.05, 3.63) is 28.2 Å². The summed E-state index contributed by atoms with van der Waals surface area (Å²) in [5.41, 5.74) is 1.08. The van der Waals surface area contributed by atoms with E-state index in [1.54, 1.807) is 0 Å². The SMILES string of the molecule is Cc1cc(OCC(=O)NC[C@@H]2CCCO2)ccc1Br. The van der Waals surface area contributed by atoms with Crippen molar-refractivity contribution in [2.24, 2.45) is 0 Å². The van der Waals surface area contributed by atoms with Gasteiger partial charge in [0.1, 0.15) is 5.75 Å². The summed E-state index contributed by atoms with van der Waals surface area (Å²) in [4.78, 5) is 11.6. The molecule has 0 aliphatic carbocycles. The Bertz CT molecular complexity index is 444. The van der Waals surface area contributed by atoms with Crippen LogP contribution in [0.25, 0.3) is 0 Å². The standard InChI is InChI=1S/C14H18BrNO3/c1-10-7-11(4-5-13(10)15)19-9-14(17)16-8-12-3-2-6-18-12/h4-5,7,12H,2-3,6,8-9H2,1H3,(H,16,17)/t12-/m0/s1. The predicted molar refractivity (Wildman–Crippen MR) is 76.4 cm³/mol. The van der Waals surface area contributed by atoms with E-state index in [1.807, 2.05) is 25.1 Å². The number of benzene rings is 1. The molecule has 4 nitrogen and oxygen atoms in total. The first-order valence-corrected chi connectivity index (χ1v) is 7.21. The molecule has 1 saturated heterocycles. The lowest BCUT2D eigenvalue weighted by molar-refractivity contribution is -0.123. The number of ether oxygens (including phenoxy) is 2. The average molecular weight is 328 g/mol. The normalized spacial score (nSPS) is 18.3. The zero-order valence-electron chi connectivity index (χ0n) is 10.9. The van der Waals surface area contributed by atoms with Crippen LogP contribution in [-0.4, -0.2) is 31.8 Å². The zero-order chi connectivity index (χ0) is 13.7. The Morgan fingerprint density at radius 1 is 1.58 bits per heavy atom. The molecular weight excluding hydrogens is 310 g/mol. The molecule has 0 radical (unpaired) electrons. The van der Waals surface area contributed by atoms with E-state index < -0.39 is 0 Å². The van der Waals surface area contributed by atoms with E-state index in [0.717, 1.165) is 29.5 Å². The minimum atomic E-state index is -0.115. The molecule has 1 amide bonds. The summed E-state index contributed by atoms with van der Waals surface area (Å²) < 4.78 is 11.9. The lowest BCUT2D eigenvalue weighted by Crippen LogP contribution is -2.35. The van der Waals surface area contributed by atoms with Gasteiger partial charge in [-0.1, -0.05) is 15.9 Å². The van der Waals surface area contributed by atoms with Gasteiger partial charge in [-0.3, -0.25) is 4.79 Å². The Kier molecular flexibility index (Phi) is 5.22. The monoisotopic (exact) mass is 327 g/mol. The van der Waals surface area contributed by atoms with E-state index in [0.29, 0.717) is 12.3 Å². The highest BCUT2D eigenvalue weighted by atomic mass is 79.9. The highest BCUT2D eigenvalue weighted by Crippen LogP contribution is 2.21. The van der Waals surface area contributed by atoms with Crippen molar-refractivity contribution in [3.8, 4) is 5.75 Å². The third kappa shape index (κ3) is 4.51. The molecule has 0 aromatic heterocycles. The highest BCUT2D eigenvalue weighted by molar-refractivity contribution is 9.10. The summed E-state index contributed by atoms with van der Waals surface area (Å²) in [6, 6.07) is 5.65. The molecule has 0 unspecified atom stereocenters. The Morgan fingerprint density at radius 3 is 3.11 bits per heavy atom. The number of amides is 1. The van der Waals surface area contributed by atoms with E-state index in [1.165, 1.54) is 0 Å². The summed E-state index contributed by atoms with van der Waals surface area (Å²) in [7, 11) is 0. The van der Waals surface area contributed by atoms with Crippen molar-refractivity contribution >= 4 is 21.8 Å². The van der Waals surface area contributed by atoms with Gasteiger partial charge in [0.25, 0.3) is 5.91 Å². The molecule has 5 heteroatoms. The number of nitrogens with one attached hydrogen (secondary N) is 1. The Balaban J connectivity index is 1.71. The van der Waals surface area contributed by atoms with Crippen LogP contribution in [0.4, 0.5) is 0 Å². The van der Waals surface area contributed by atoms with Crippen LogP contribution in [0.1, 0.15) is 18.4 Å². The molecule has 19 heavy (non-hydrogen) atoms. The number of hydrogen-bond acceptors (Lipinski definition) is 3.